The van der Waals surface area contributed by atoms with Gasteiger partial charge in [-0.2, -0.15) is 0 Å². The topological polar surface area (TPSA) is 21.6 Å². The van der Waals surface area contributed by atoms with Gasteiger partial charge < -0.3 is 4.84 Å². The largest absolute Gasteiger partial charge is 0.399 e. The first kappa shape index (κ1) is 6.59. The Morgan fingerprint density at radius 3 is 3.00 bits per heavy atom. The SMILES string of the molecule is CO/N=C1\[CH]CCCC1. The number of rotatable bonds is 1. The summed E-state index contributed by atoms with van der Waals surface area (Å²) in [6.07, 6.45) is 6.98. The van der Waals surface area contributed by atoms with Gasteiger partial charge in [0.2, 0.25) is 0 Å². The van der Waals surface area contributed by atoms with Gasteiger partial charge in [0.25, 0.3) is 0 Å². The van der Waals surface area contributed by atoms with E-state index in [0.29, 0.717) is 0 Å². The summed E-state index contributed by atoms with van der Waals surface area (Å²) in [6.45, 7) is 0. The molecule has 1 fully saturated rings. The molecule has 0 aromatic rings. The second-order valence-electron chi connectivity index (χ2n) is 2.22. The van der Waals surface area contributed by atoms with Crippen LogP contribution in [0.25, 0.3) is 0 Å². The van der Waals surface area contributed by atoms with Crippen LogP contribution in [-0.2, 0) is 4.84 Å². The maximum absolute atomic E-state index is 4.64. The minimum Gasteiger partial charge on any atom is -0.399 e. The molecule has 0 heterocycles. The second kappa shape index (κ2) is 3.49. The molecule has 1 rings (SSSR count). The van der Waals surface area contributed by atoms with E-state index in [2.05, 4.69) is 16.4 Å². The van der Waals surface area contributed by atoms with E-state index in [9.17, 15) is 0 Å². The molecule has 1 aliphatic rings. The van der Waals surface area contributed by atoms with Crippen molar-refractivity contribution in [2.75, 3.05) is 7.11 Å². The standard InChI is InChI=1S/C7H12NO/c1-9-8-7-5-3-2-4-6-7/h5H,2-4,6H2,1H3/b8-7+. The number of oxime groups is 1. The predicted octanol–water partition coefficient (Wildman–Crippen LogP) is 1.77. The quantitative estimate of drug-likeness (QED) is 0.490. The molecule has 1 aliphatic carbocycles. The van der Waals surface area contributed by atoms with Crippen LogP contribution in [0.5, 0.6) is 0 Å². The molecular formula is C7H12NO. The molecule has 0 aliphatic heterocycles. The van der Waals surface area contributed by atoms with E-state index in [0.717, 1.165) is 12.1 Å². The van der Waals surface area contributed by atoms with Gasteiger partial charge in [-0.25, -0.2) is 0 Å². The predicted molar refractivity (Wildman–Crippen MR) is 37.2 cm³/mol. The summed E-state index contributed by atoms with van der Waals surface area (Å²) in [5.74, 6) is 0. The fourth-order valence-electron chi connectivity index (χ4n) is 1.02. The Bertz CT molecular complexity index is 101. The maximum atomic E-state index is 4.64. The molecule has 0 N–H and O–H groups in total. The van der Waals surface area contributed by atoms with Crippen molar-refractivity contribution in [2.45, 2.75) is 25.7 Å². The van der Waals surface area contributed by atoms with Crippen molar-refractivity contribution in [1.29, 1.82) is 0 Å². The van der Waals surface area contributed by atoms with Crippen molar-refractivity contribution in [3.8, 4) is 0 Å². The van der Waals surface area contributed by atoms with E-state index in [-0.39, 0.29) is 0 Å². The third-order valence-electron chi connectivity index (χ3n) is 1.48. The smallest absolute Gasteiger partial charge is 0.106 e. The van der Waals surface area contributed by atoms with Crippen molar-refractivity contribution >= 4 is 5.71 Å². The van der Waals surface area contributed by atoms with Crippen LogP contribution in [0.2, 0.25) is 0 Å². The van der Waals surface area contributed by atoms with Gasteiger partial charge in [-0.1, -0.05) is 11.6 Å². The Labute approximate surface area is 55.9 Å². The highest BCUT2D eigenvalue weighted by molar-refractivity contribution is 5.92. The van der Waals surface area contributed by atoms with Crippen LogP contribution in [0, 0.1) is 6.42 Å². The lowest BCUT2D eigenvalue weighted by Gasteiger charge is -2.09. The molecule has 0 amide bonds. The second-order valence-corrected chi connectivity index (χ2v) is 2.22. The number of hydrogen-bond acceptors (Lipinski definition) is 2. The van der Waals surface area contributed by atoms with E-state index in [1.165, 1.54) is 19.3 Å². The number of nitrogens with zero attached hydrogens (tertiary/aromatic N) is 1. The molecule has 0 aromatic heterocycles. The Hall–Kier alpha value is -0.530. The van der Waals surface area contributed by atoms with Crippen molar-refractivity contribution in [3.63, 3.8) is 0 Å². The van der Waals surface area contributed by atoms with Crippen molar-refractivity contribution in [1.82, 2.24) is 0 Å². The van der Waals surface area contributed by atoms with Gasteiger partial charge in [0.1, 0.15) is 7.11 Å². The molecule has 0 aromatic carbocycles. The molecule has 51 valence electrons. The number of hydrogen-bond donors (Lipinski definition) is 0. The fourth-order valence-corrected chi connectivity index (χ4v) is 1.02. The first-order chi connectivity index (χ1) is 4.43. The third-order valence-corrected chi connectivity index (χ3v) is 1.48. The van der Waals surface area contributed by atoms with E-state index < -0.39 is 0 Å². The normalized spacial score (nSPS) is 24.3. The highest BCUT2D eigenvalue weighted by Crippen LogP contribution is 2.13. The Balaban J connectivity index is 2.30. The Kier molecular flexibility index (Phi) is 2.55. The van der Waals surface area contributed by atoms with E-state index in [1.807, 2.05) is 0 Å². The van der Waals surface area contributed by atoms with Gasteiger partial charge in [0, 0.05) is 6.42 Å². The van der Waals surface area contributed by atoms with Gasteiger partial charge >= 0.3 is 0 Å². The summed E-state index contributed by atoms with van der Waals surface area (Å²) in [4.78, 5) is 4.64. The summed E-state index contributed by atoms with van der Waals surface area (Å²) in [5.41, 5.74) is 1.11. The van der Waals surface area contributed by atoms with E-state index >= 15 is 0 Å². The van der Waals surface area contributed by atoms with Crippen LogP contribution in [0.15, 0.2) is 5.16 Å². The van der Waals surface area contributed by atoms with Crippen LogP contribution >= 0.6 is 0 Å². The average molecular weight is 126 g/mol. The summed E-state index contributed by atoms with van der Waals surface area (Å²) < 4.78 is 0. The zero-order valence-corrected chi connectivity index (χ0v) is 5.76. The average Bonchev–Trinajstić information content (AvgIpc) is 1.91. The lowest BCUT2D eigenvalue weighted by atomic mass is 9.99. The summed E-state index contributed by atoms with van der Waals surface area (Å²) in [6, 6.07) is 0. The lowest BCUT2D eigenvalue weighted by molar-refractivity contribution is 0.212. The molecule has 0 bridgehead atoms. The molecular weight excluding hydrogens is 114 g/mol. The highest BCUT2D eigenvalue weighted by Gasteiger charge is 2.06. The monoisotopic (exact) mass is 126 g/mol. The Morgan fingerprint density at radius 2 is 2.44 bits per heavy atom. The van der Waals surface area contributed by atoms with E-state index in [1.54, 1.807) is 7.11 Å². The van der Waals surface area contributed by atoms with Gasteiger partial charge in [0.15, 0.2) is 0 Å². The molecule has 9 heavy (non-hydrogen) atoms. The highest BCUT2D eigenvalue weighted by atomic mass is 16.6. The summed E-state index contributed by atoms with van der Waals surface area (Å²) in [7, 11) is 1.59. The van der Waals surface area contributed by atoms with Crippen molar-refractivity contribution in [3.05, 3.63) is 6.42 Å². The van der Waals surface area contributed by atoms with Gasteiger partial charge in [-0.15, -0.1) is 0 Å². The van der Waals surface area contributed by atoms with Crippen LogP contribution < -0.4 is 0 Å². The lowest BCUT2D eigenvalue weighted by Crippen LogP contribution is -2.05. The maximum Gasteiger partial charge on any atom is 0.106 e. The fraction of sp³-hybridized carbons (Fsp3) is 0.714. The zero-order chi connectivity index (χ0) is 6.53. The Morgan fingerprint density at radius 1 is 1.56 bits per heavy atom. The minimum atomic E-state index is 1.09. The van der Waals surface area contributed by atoms with Gasteiger partial charge in [0.05, 0.1) is 5.71 Å². The third kappa shape index (κ3) is 2.04. The molecule has 0 unspecified atom stereocenters. The molecule has 0 saturated heterocycles. The van der Waals surface area contributed by atoms with Crippen LogP contribution in [0.4, 0.5) is 0 Å². The van der Waals surface area contributed by atoms with Crippen LogP contribution in [0.3, 0.4) is 0 Å². The molecule has 2 nitrogen and oxygen atoms in total. The summed E-state index contributed by atoms with van der Waals surface area (Å²) >= 11 is 0. The van der Waals surface area contributed by atoms with Crippen molar-refractivity contribution < 1.29 is 4.84 Å². The minimum absolute atomic E-state index is 1.09. The molecule has 0 atom stereocenters. The van der Waals surface area contributed by atoms with Crippen molar-refractivity contribution in [2.24, 2.45) is 5.16 Å². The van der Waals surface area contributed by atoms with Gasteiger partial charge in [-0.05, 0) is 19.3 Å². The summed E-state index contributed by atoms with van der Waals surface area (Å²) in [5, 5.41) is 3.84. The van der Waals surface area contributed by atoms with Crippen LogP contribution in [-0.4, -0.2) is 12.8 Å². The molecule has 2 heteroatoms. The molecule has 1 saturated carbocycles. The molecule has 1 radical (unpaired) electrons. The van der Waals surface area contributed by atoms with E-state index in [4.69, 9.17) is 0 Å². The first-order valence-corrected chi connectivity index (χ1v) is 3.36. The van der Waals surface area contributed by atoms with Gasteiger partial charge in [-0.3, -0.25) is 0 Å². The van der Waals surface area contributed by atoms with Crippen LogP contribution in [0.1, 0.15) is 25.7 Å². The molecule has 0 spiro atoms. The zero-order valence-electron chi connectivity index (χ0n) is 5.76. The first-order valence-electron chi connectivity index (χ1n) is 3.36.